The number of rotatable bonds is 1. The number of halogens is 3. The van der Waals surface area contributed by atoms with E-state index < -0.39 is 30.7 Å². The number of carbonyl (C=O) groups is 1. The van der Waals surface area contributed by atoms with Gasteiger partial charge in [-0.25, -0.2) is 0 Å². The van der Waals surface area contributed by atoms with Gasteiger partial charge < -0.3 is 10.0 Å². The lowest BCUT2D eigenvalue weighted by Crippen LogP contribution is -2.48. The van der Waals surface area contributed by atoms with E-state index in [4.69, 9.17) is 0 Å². The second kappa shape index (κ2) is 4.52. The molecule has 2 rings (SSSR count). The number of aryl methyl sites for hydroxylation is 1. The Morgan fingerprint density at radius 2 is 1.89 bits per heavy atom. The first-order valence-corrected chi connectivity index (χ1v) is 5.88. The lowest BCUT2D eigenvalue weighted by molar-refractivity contribution is -0.253. The Bertz CT molecular complexity index is 484. The van der Waals surface area contributed by atoms with Crippen LogP contribution < -0.4 is 0 Å². The average Bonchev–Trinajstić information content (AvgIpc) is 2.73. The van der Waals surface area contributed by atoms with Gasteiger partial charge >= 0.3 is 6.18 Å². The van der Waals surface area contributed by atoms with Gasteiger partial charge in [-0.1, -0.05) is 17.7 Å². The summed E-state index contributed by atoms with van der Waals surface area (Å²) in [7, 11) is 0. The van der Waals surface area contributed by atoms with E-state index in [2.05, 4.69) is 0 Å². The van der Waals surface area contributed by atoms with Crippen molar-refractivity contribution in [3.63, 3.8) is 0 Å². The molecule has 1 N–H and O–H groups in total. The van der Waals surface area contributed by atoms with Crippen molar-refractivity contribution in [1.29, 1.82) is 0 Å². The third-order valence-corrected chi connectivity index (χ3v) is 3.36. The van der Waals surface area contributed by atoms with E-state index in [-0.39, 0.29) is 6.54 Å². The second-order valence-corrected chi connectivity index (χ2v) is 4.87. The molecular weight excluding hydrogens is 259 g/mol. The maximum absolute atomic E-state index is 12.6. The highest BCUT2D eigenvalue weighted by atomic mass is 19.4. The van der Waals surface area contributed by atoms with Gasteiger partial charge in [-0.2, -0.15) is 13.2 Å². The summed E-state index contributed by atoms with van der Waals surface area (Å²) in [5, 5.41) is 9.52. The van der Waals surface area contributed by atoms with Crippen molar-refractivity contribution in [2.24, 2.45) is 0 Å². The first kappa shape index (κ1) is 13.9. The molecule has 1 heterocycles. The molecule has 1 aromatic carbocycles. The number of alkyl halides is 3. The van der Waals surface area contributed by atoms with Gasteiger partial charge in [0.15, 0.2) is 5.60 Å². The highest BCUT2D eigenvalue weighted by Crippen LogP contribution is 2.37. The van der Waals surface area contributed by atoms with Crippen LogP contribution in [-0.2, 0) is 0 Å². The summed E-state index contributed by atoms with van der Waals surface area (Å²) in [5.74, 6) is -0.486. The Kier molecular flexibility index (Phi) is 3.30. The summed E-state index contributed by atoms with van der Waals surface area (Å²) < 4.78 is 37.9. The molecule has 1 saturated heterocycles. The molecule has 0 aliphatic carbocycles. The molecule has 1 aromatic rings. The second-order valence-electron chi connectivity index (χ2n) is 4.87. The topological polar surface area (TPSA) is 40.5 Å². The molecule has 104 valence electrons. The number of nitrogens with zero attached hydrogens (tertiary/aromatic N) is 1. The van der Waals surface area contributed by atoms with Crippen LogP contribution >= 0.6 is 0 Å². The lowest BCUT2D eigenvalue weighted by Gasteiger charge is -2.25. The Labute approximate surface area is 108 Å². The molecule has 0 aromatic heterocycles. The number of likely N-dealkylation sites (tertiary alicyclic amines) is 1. The molecule has 0 unspecified atom stereocenters. The Morgan fingerprint density at radius 1 is 1.32 bits per heavy atom. The van der Waals surface area contributed by atoms with Crippen LogP contribution in [-0.4, -0.2) is 40.8 Å². The number of hydrogen-bond donors (Lipinski definition) is 1. The van der Waals surface area contributed by atoms with Crippen molar-refractivity contribution in [3.05, 3.63) is 35.4 Å². The van der Waals surface area contributed by atoms with Gasteiger partial charge in [0.2, 0.25) is 0 Å². The maximum Gasteiger partial charge on any atom is 0.419 e. The molecule has 0 bridgehead atoms. The molecule has 1 aliphatic heterocycles. The number of β-amino-alcohol motifs (C(OH)–C–C–N with tert-alkyl or cyclic N) is 1. The summed E-state index contributed by atoms with van der Waals surface area (Å²) in [6.45, 7) is 1.05. The maximum atomic E-state index is 12.6. The van der Waals surface area contributed by atoms with Gasteiger partial charge in [0, 0.05) is 18.5 Å². The van der Waals surface area contributed by atoms with Crippen LogP contribution in [0.3, 0.4) is 0 Å². The fraction of sp³-hybridized carbons (Fsp3) is 0.462. The minimum atomic E-state index is -4.71. The zero-order valence-electron chi connectivity index (χ0n) is 10.4. The SMILES string of the molecule is Cc1ccc(C(=O)N2CC[C@@](O)(C(F)(F)F)C2)cc1. The van der Waals surface area contributed by atoms with E-state index in [1.165, 1.54) is 0 Å². The molecule has 19 heavy (non-hydrogen) atoms. The molecule has 1 aliphatic rings. The average molecular weight is 273 g/mol. The first-order chi connectivity index (χ1) is 8.73. The monoisotopic (exact) mass is 273 g/mol. The van der Waals surface area contributed by atoms with Crippen LogP contribution in [0.5, 0.6) is 0 Å². The van der Waals surface area contributed by atoms with Crippen molar-refractivity contribution >= 4 is 5.91 Å². The highest BCUT2D eigenvalue weighted by molar-refractivity contribution is 5.94. The number of benzene rings is 1. The summed E-state index contributed by atoms with van der Waals surface area (Å²) in [5.41, 5.74) is -1.49. The molecule has 0 saturated carbocycles. The minimum Gasteiger partial charge on any atom is -0.379 e. The summed E-state index contributed by atoms with van der Waals surface area (Å²) in [4.78, 5) is 13.1. The number of amides is 1. The minimum absolute atomic E-state index is 0.0945. The zero-order valence-corrected chi connectivity index (χ0v) is 10.4. The van der Waals surface area contributed by atoms with Crippen molar-refractivity contribution in [1.82, 2.24) is 4.90 Å². The van der Waals surface area contributed by atoms with Gasteiger partial charge in [0.05, 0.1) is 6.54 Å². The van der Waals surface area contributed by atoms with Crippen LogP contribution in [0.4, 0.5) is 13.2 Å². The third kappa shape index (κ3) is 2.58. The fourth-order valence-electron chi connectivity index (χ4n) is 2.08. The van der Waals surface area contributed by atoms with Gasteiger partial charge in [0.25, 0.3) is 5.91 Å². The van der Waals surface area contributed by atoms with E-state index >= 15 is 0 Å². The Balaban J connectivity index is 2.13. The lowest BCUT2D eigenvalue weighted by atomic mass is 10.0. The smallest absolute Gasteiger partial charge is 0.379 e. The first-order valence-electron chi connectivity index (χ1n) is 5.88. The molecule has 3 nitrogen and oxygen atoms in total. The van der Waals surface area contributed by atoms with E-state index in [0.29, 0.717) is 5.56 Å². The van der Waals surface area contributed by atoms with Crippen molar-refractivity contribution in [3.8, 4) is 0 Å². The van der Waals surface area contributed by atoms with Gasteiger partial charge in [-0.15, -0.1) is 0 Å². The number of aliphatic hydroxyl groups is 1. The van der Waals surface area contributed by atoms with Crippen LogP contribution in [0.25, 0.3) is 0 Å². The van der Waals surface area contributed by atoms with Crippen molar-refractivity contribution < 1.29 is 23.1 Å². The molecule has 1 amide bonds. The highest BCUT2D eigenvalue weighted by Gasteiger charge is 2.57. The summed E-state index contributed by atoms with van der Waals surface area (Å²) in [6, 6.07) is 6.59. The van der Waals surface area contributed by atoms with Gasteiger partial charge in [-0.3, -0.25) is 4.79 Å². The van der Waals surface area contributed by atoms with Gasteiger partial charge in [-0.05, 0) is 19.1 Å². The summed E-state index contributed by atoms with van der Waals surface area (Å²) in [6.07, 6.45) is -5.19. The third-order valence-electron chi connectivity index (χ3n) is 3.36. The Hall–Kier alpha value is -1.56. The Morgan fingerprint density at radius 3 is 2.37 bits per heavy atom. The van der Waals surface area contributed by atoms with Crippen molar-refractivity contribution in [2.75, 3.05) is 13.1 Å². The number of hydrogen-bond acceptors (Lipinski definition) is 2. The molecule has 1 fully saturated rings. The fourth-order valence-corrected chi connectivity index (χ4v) is 2.08. The quantitative estimate of drug-likeness (QED) is 0.851. The largest absolute Gasteiger partial charge is 0.419 e. The zero-order chi connectivity index (χ0) is 14.3. The predicted molar refractivity (Wildman–Crippen MR) is 62.7 cm³/mol. The van der Waals surface area contributed by atoms with Crippen LogP contribution in [0.15, 0.2) is 24.3 Å². The molecule has 0 spiro atoms. The molecule has 1 atom stereocenters. The molecule has 6 heteroatoms. The van der Waals surface area contributed by atoms with E-state index in [9.17, 15) is 23.1 Å². The van der Waals surface area contributed by atoms with Crippen molar-refractivity contribution in [2.45, 2.75) is 25.1 Å². The predicted octanol–water partition coefficient (Wildman–Crippen LogP) is 2.13. The van der Waals surface area contributed by atoms with E-state index in [0.717, 1.165) is 10.5 Å². The van der Waals surface area contributed by atoms with Crippen LogP contribution in [0, 0.1) is 6.92 Å². The van der Waals surface area contributed by atoms with E-state index in [1.807, 2.05) is 6.92 Å². The van der Waals surface area contributed by atoms with E-state index in [1.54, 1.807) is 24.3 Å². The number of carbonyl (C=O) groups excluding carboxylic acids is 1. The van der Waals surface area contributed by atoms with Crippen LogP contribution in [0.2, 0.25) is 0 Å². The van der Waals surface area contributed by atoms with Gasteiger partial charge in [0.1, 0.15) is 0 Å². The standard InChI is InChI=1S/C13H14F3NO2/c1-9-2-4-10(5-3-9)11(18)17-7-6-12(19,8-17)13(14,15)16/h2-5,19H,6-8H2,1H3/t12-/m0/s1. The van der Waals surface area contributed by atoms with Crippen LogP contribution in [0.1, 0.15) is 22.3 Å². The molecule has 0 radical (unpaired) electrons. The normalized spacial score (nSPS) is 23.7. The summed E-state index contributed by atoms with van der Waals surface area (Å²) >= 11 is 0. The molecular formula is C13H14F3NO2.